The van der Waals surface area contributed by atoms with Gasteiger partial charge in [-0.2, -0.15) is 0 Å². The number of carbonyl (C=O) groups is 2. The van der Waals surface area contributed by atoms with E-state index in [0.717, 1.165) is 40.2 Å². The summed E-state index contributed by atoms with van der Waals surface area (Å²) in [6.45, 7) is 9.06. The molecule has 2 fully saturated rings. The molecule has 0 spiro atoms. The number of fused-ring (bicyclic) bond motifs is 1. The molecular weight excluding hydrogens is 442 g/mol. The molecule has 8 nitrogen and oxygen atoms in total. The molecule has 1 saturated carbocycles. The number of likely N-dealkylation sites (tertiary alicyclic amines) is 1. The Hall–Kier alpha value is -3.42. The van der Waals surface area contributed by atoms with E-state index in [1.54, 1.807) is 0 Å². The Balaban J connectivity index is 1.45. The molecule has 8 heteroatoms. The number of nitrogens with zero attached hydrogens (tertiary/aromatic N) is 3. The molecule has 1 aliphatic heterocycles. The van der Waals surface area contributed by atoms with E-state index in [4.69, 9.17) is 4.74 Å². The van der Waals surface area contributed by atoms with E-state index in [9.17, 15) is 9.59 Å². The Bertz CT molecular complexity index is 1280. The lowest BCUT2D eigenvalue weighted by molar-refractivity contribution is -0.131. The predicted octanol–water partition coefficient (Wildman–Crippen LogP) is 4.16. The lowest BCUT2D eigenvalue weighted by Crippen LogP contribution is -2.39. The highest BCUT2D eigenvalue weighted by atomic mass is 16.5. The Labute approximate surface area is 205 Å². The van der Waals surface area contributed by atoms with Crippen LogP contribution in [0.4, 0.5) is 0 Å². The smallest absolute Gasteiger partial charge is 0.255 e. The molecule has 0 radical (unpaired) electrons. The normalized spacial score (nSPS) is 19.8. The van der Waals surface area contributed by atoms with Crippen LogP contribution in [0.15, 0.2) is 24.5 Å². The number of rotatable bonds is 7. The predicted molar refractivity (Wildman–Crippen MR) is 134 cm³/mol. The van der Waals surface area contributed by atoms with Crippen molar-refractivity contribution in [1.29, 1.82) is 0 Å². The van der Waals surface area contributed by atoms with E-state index in [1.165, 1.54) is 19.2 Å². The number of ether oxygens (including phenoxy) is 1. The maximum atomic E-state index is 13.4. The van der Waals surface area contributed by atoms with Gasteiger partial charge in [0, 0.05) is 36.3 Å². The van der Waals surface area contributed by atoms with Crippen LogP contribution in [0.25, 0.3) is 22.3 Å². The lowest BCUT2D eigenvalue weighted by Gasteiger charge is -2.20. The Morgan fingerprint density at radius 3 is 2.77 bits per heavy atom. The molecule has 0 bridgehead atoms. The molecule has 184 valence electrons. The van der Waals surface area contributed by atoms with Crippen molar-refractivity contribution in [1.82, 2.24) is 25.2 Å². The van der Waals surface area contributed by atoms with Crippen molar-refractivity contribution < 1.29 is 14.3 Å². The summed E-state index contributed by atoms with van der Waals surface area (Å²) in [6.07, 6.45) is 5.16. The average molecular weight is 476 g/mol. The molecular formula is C27H33N5O3. The summed E-state index contributed by atoms with van der Waals surface area (Å²) in [5.41, 5.74) is 5.29. The van der Waals surface area contributed by atoms with Gasteiger partial charge in [-0.05, 0) is 58.1 Å². The number of amides is 2. The number of benzene rings is 1. The van der Waals surface area contributed by atoms with E-state index in [0.29, 0.717) is 36.6 Å². The zero-order chi connectivity index (χ0) is 24.7. The molecule has 1 saturated heterocycles. The Kier molecular flexibility index (Phi) is 6.21. The summed E-state index contributed by atoms with van der Waals surface area (Å²) in [5, 5.41) is 3.14. The first-order valence-corrected chi connectivity index (χ1v) is 12.5. The summed E-state index contributed by atoms with van der Waals surface area (Å²) in [5.74, 6) is 1.37. The van der Waals surface area contributed by atoms with E-state index in [1.807, 2.05) is 44.7 Å². The molecule has 2 atom stereocenters. The second kappa shape index (κ2) is 9.32. The second-order valence-electron chi connectivity index (χ2n) is 9.98. The molecule has 35 heavy (non-hydrogen) atoms. The van der Waals surface area contributed by atoms with Gasteiger partial charge in [-0.1, -0.05) is 18.6 Å². The maximum absolute atomic E-state index is 13.4. The standard InChI is InChI=1S/C27H33N5O3/c1-5-22(33)32-12-19(11-16(32)3)31-27(34)23-17(4)30-26-24(28-14-29-25(23)26)20-10-15(2)6-9-21(20)35-13-18-7-8-18/h6,9-10,14,16,18-19,30H,5,7-8,11-13H2,1-4H3,(H,31,34)/t16-,19+/m0/s1. The fraction of sp³-hybridized carbons (Fsp3) is 0.481. The van der Waals surface area contributed by atoms with Crippen LogP contribution in [0.3, 0.4) is 0 Å². The third-order valence-corrected chi connectivity index (χ3v) is 7.09. The van der Waals surface area contributed by atoms with Gasteiger partial charge in [0.25, 0.3) is 5.91 Å². The number of H-pyrrole nitrogens is 1. The number of aryl methyl sites for hydroxylation is 2. The average Bonchev–Trinajstić information content (AvgIpc) is 3.50. The Morgan fingerprint density at radius 1 is 1.23 bits per heavy atom. The highest BCUT2D eigenvalue weighted by Gasteiger charge is 2.33. The SMILES string of the molecule is CCC(=O)N1C[C@H](NC(=O)c2c(C)[nH]c3c(-c4cc(C)ccc4OCC4CC4)ncnc23)C[C@@H]1C. The van der Waals surface area contributed by atoms with Crippen LogP contribution in [0.2, 0.25) is 0 Å². The van der Waals surface area contributed by atoms with Gasteiger partial charge in [-0.25, -0.2) is 9.97 Å². The molecule has 0 unspecified atom stereocenters. The molecule has 2 N–H and O–H groups in total. The van der Waals surface area contributed by atoms with E-state index in [-0.39, 0.29) is 23.9 Å². The van der Waals surface area contributed by atoms with E-state index >= 15 is 0 Å². The minimum Gasteiger partial charge on any atom is -0.493 e. The van der Waals surface area contributed by atoms with Crippen LogP contribution < -0.4 is 10.1 Å². The van der Waals surface area contributed by atoms with Crippen molar-refractivity contribution in [2.24, 2.45) is 5.92 Å². The molecule has 1 aliphatic carbocycles. The van der Waals surface area contributed by atoms with Crippen molar-refractivity contribution in [2.45, 2.75) is 65.5 Å². The quantitative estimate of drug-likeness (QED) is 0.534. The van der Waals surface area contributed by atoms with Crippen LogP contribution in [0.5, 0.6) is 5.75 Å². The van der Waals surface area contributed by atoms with Gasteiger partial charge in [0.05, 0.1) is 17.7 Å². The van der Waals surface area contributed by atoms with Gasteiger partial charge < -0.3 is 19.9 Å². The number of hydrogen-bond acceptors (Lipinski definition) is 5. The summed E-state index contributed by atoms with van der Waals surface area (Å²) in [4.78, 5) is 39.9. The van der Waals surface area contributed by atoms with Crippen molar-refractivity contribution in [3.8, 4) is 17.0 Å². The van der Waals surface area contributed by atoms with Gasteiger partial charge in [0.1, 0.15) is 23.3 Å². The van der Waals surface area contributed by atoms with Crippen LogP contribution in [0, 0.1) is 19.8 Å². The highest BCUT2D eigenvalue weighted by Crippen LogP contribution is 2.37. The summed E-state index contributed by atoms with van der Waals surface area (Å²) >= 11 is 0. The largest absolute Gasteiger partial charge is 0.493 e. The third kappa shape index (κ3) is 4.61. The molecule has 2 aliphatic rings. The number of carbonyl (C=O) groups excluding carboxylic acids is 2. The van der Waals surface area contributed by atoms with Gasteiger partial charge in [-0.15, -0.1) is 0 Å². The maximum Gasteiger partial charge on any atom is 0.255 e. The van der Waals surface area contributed by atoms with E-state index in [2.05, 4.69) is 26.3 Å². The Morgan fingerprint density at radius 2 is 2.03 bits per heavy atom. The van der Waals surface area contributed by atoms with Crippen molar-refractivity contribution in [3.05, 3.63) is 41.3 Å². The fourth-order valence-electron chi connectivity index (χ4n) is 4.99. The van der Waals surface area contributed by atoms with Gasteiger partial charge >= 0.3 is 0 Å². The van der Waals surface area contributed by atoms with Crippen LogP contribution in [-0.4, -0.2) is 56.9 Å². The molecule has 2 aromatic heterocycles. The number of aromatic amines is 1. The second-order valence-corrected chi connectivity index (χ2v) is 9.98. The van der Waals surface area contributed by atoms with Gasteiger partial charge in [0.2, 0.25) is 5.91 Å². The summed E-state index contributed by atoms with van der Waals surface area (Å²) in [6, 6.07) is 6.13. The molecule has 3 aromatic rings. The number of hydrogen-bond donors (Lipinski definition) is 2. The van der Waals surface area contributed by atoms with E-state index < -0.39 is 0 Å². The molecule has 1 aromatic carbocycles. The monoisotopic (exact) mass is 475 g/mol. The van der Waals surface area contributed by atoms with Crippen LogP contribution in [-0.2, 0) is 4.79 Å². The minimum absolute atomic E-state index is 0.0853. The zero-order valence-electron chi connectivity index (χ0n) is 20.9. The zero-order valence-corrected chi connectivity index (χ0v) is 20.9. The number of aromatic nitrogens is 3. The van der Waals surface area contributed by atoms with Crippen molar-refractivity contribution in [3.63, 3.8) is 0 Å². The van der Waals surface area contributed by atoms with Gasteiger partial charge in [-0.3, -0.25) is 9.59 Å². The molecule has 5 rings (SSSR count). The van der Waals surface area contributed by atoms with Crippen LogP contribution >= 0.6 is 0 Å². The first-order chi connectivity index (χ1) is 16.9. The molecule has 2 amide bonds. The molecule has 3 heterocycles. The number of nitrogens with one attached hydrogen (secondary N) is 2. The summed E-state index contributed by atoms with van der Waals surface area (Å²) < 4.78 is 6.16. The highest BCUT2D eigenvalue weighted by molar-refractivity contribution is 6.09. The van der Waals surface area contributed by atoms with Crippen molar-refractivity contribution in [2.75, 3.05) is 13.2 Å². The van der Waals surface area contributed by atoms with Crippen LogP contribution in [0.1, 0.15) is 61.1 Å². The summed E-state index contributed by atoms with van der Waals surface area (Å²) in [7, 11) is 0. The first kappa shape index (κ1) is 23.3. The van der Waals surface area contributed by atoms with Crippen molar-refractivity contribution >= 4 is 22.8 Å². The fourth-order valence-corrected chi connectivity index (χ4v) is 4.99. The first-order valence-electron chi connectivity index (χ1n) is 12.5. The topological polar surface area (TPSA) is 100 Å². The minimum atomic E-state index is -0.184. The lowest BCUT2D eigenvalue weighted by atomic mass is 10.1. The third-order valence-electron chi connectivity index (χ3n) is 7.09. The van der Waals surface area contributed by atoms with Gasteiger partial charge in [0.15, 0.2) is 0 Å².